The summed E-state index contributed by atoms with van der Waals surface area (Å²) in [5, 5.41) is 13.3. The lowest BCUT2D eigenvalue weighted by atomic mass is 10.2. The third-order valence-corrected chi connectivity index (χ3v) is 3.14. The van der Waals surface area contributed by atoms with Crippen LogP contribution >= 0.6 is 0 Å². The highest BCUT2D eigenvalue weighted by atomic mass is 16.4. The van der Waals surface area contributed by atoms with E-state index in [0.717, 1.165) is 11.6 Å². The zero-order valence-electron chi connectivity index (χ0n) is 11.7. The van der Waals surface area contributed by atoms with Gasteiger partial charge in [0.05, 0.1) is 12.8 Å². The van der Waals surface area contributed by atoms with Gasteiger partial charge in [0.15, 0.2) is 5.76 Å². The van der Waals surface area contributed by atoms with Crippen molar-refractivity contribution in [2.45, 2.75) is 6.54 Å². The maximum absolute atomic E-state index is 10.7. The van der Waals surface area contributed by atoms with Crippen molar-refractivity contribution < 1.29 is 14.3 Å². The van der Waals surface area contributed by atoms with Crippen LogP contribution in [0, 0.1) is 0 Å². The molecule has 0 aliphatic heterocycles. The molecule has 1 N–H and O–H groups in total. The lowest BCUT2D eigenvalue weighted by Crippen LogP contribution is -1.99. The average Bonchev–Trinajstić information content (AvgIpc) is 3.15. The Morgan fingerprint density at radius 2 is 2.05 bits per heavy atom. The highest BCUT2D eigenvalue weighted by Crippen LogP contribution is 2.24. The molecule has 2 aromatic heterocycles. The molecule has 5 nitrogen and oxygen atoms in total. The number of nitrogens with zero attached hydrogens (tertiary/aromatic N) is 2. The molecular weight excluding hydrogens is 280 g/mol. The smallest absolute Gasteiger partial charge is 0.328 e. The monoisotopic (exact) mass is 294 g/mol. The Morgan fingerprint density at radius 1 is 1.23 bits per heavy atom. The van der Waals surface area contributed by atoms with Crippen molar-refractivity contribution in [3.63, 3.8) is 0 Å². The number of carbonyl (C=O) groups is 1. The second kappa shape index (κ2) is 6.13. The van der Waals surface area contributed by atoms with E-state index in [0.29, 0.717) is 23.6 Å². The number of aliphatic carboxylic acids is 1. The minimum atomic E-state index is -0.999. The third-order valence-electron chi connectivity index (χ3n) is 3.14. The molecule has 0 amide bonds. The normalized spacial score (nSPS) is 11.1. The second-order valence-corrected chi connectivity index (χ2v) is 4.77. The van der Waals surface area contributed by atoms with Crippen molar-refractivity contribution in [1.82, 2.24) is 9.78 Å². The topological polar surface area (TPSA) is 68.3 Å². The van der Waals surface area contributed by atoms with Gasteiger partial charge in [-0.15, -0.1) is 0 Å². The molecule has 0 fully saturated rings. The number of aromatic nitrogens is 2. The van der Waals surface area contributed by atoms with Crippen molar-refractivity contribution in [1.29, 1.82) is 0 Å². The van der Waals surface area contributed by atoms with Crippen LogP contribution in [-0.2, 0) is 11.3 Å². The zero-order chi connectivity index (χ0) is 15.4. The van der Waals surface area contributed by atoms with Gasteiger partial charge in [-0.05, 0) is 23.8 Å². The lowest BCUT2D eigenvalue weighted by molar-refractivity contribution is -0.131. The highest BCUT2D eigenvalue weighted by Gasteiger charge is 2.12. The van der Waals surface area contributed by atoms with Gasteiger partial charge < -0.3 is 9.52 Å². The van der Waals surface area contributed by atoms with Crippen LogP contribution in [-0.4, -0.2) is 20.9 Å². The van der Waals surface area contributed by atoms with E-state index in [2.05, 4.69) is 5.10 Å². The molecule has 110 valence electrons. The SMILES string of the molecule is O=C(O)/C=C/c1cn(Cc2ccccc2)nc1-c1ccco1. The molecule has 2 heterocycles. The largest absolute Gasteiger partial charge is 0.478 e. The molecule has 0 spiro atoms. The summed E-state index contributed by atoms with van der Waals surface area (Å²) in [6.45, 7) is 0.607. The van der Waals surface area contributed by atoms with Gasteiger partial charge >= 0.3 is 5.97 Å². The Bertz CT molecular complexity index is 787. The van der Waals surface area contributed by atoms with E-state index in [1.807, 2.05) is 36.5 Å². The molecule has 3 aromatic rings. The molecule has 3 rings (SSSR count). The lowest BCUT2D eigenvalue weighted by Gasteiger charge is -2.00. The molecule has 0 bridgehead atoms. The molecule has 5 heteroatoms. The van der Waals surface area contributed by atoms with Gasteiger partial charge in [-0.25, -0.2) is 4.79 Å². The fourth-order valence-electron chi connectivity index (χ4n) is 2.18. The first kappa shape index (κ1) is 13.9. The Balaban J connectivity index is 1.95. The summed E-state index contributed by atoms with van der Waals surface area (Å²) in [5.41, 5.74) is 2.44. The predicted octanol–water partition coefficient (Wildman–Crippen LogP) is 3.29. The van der Waals surface area contributed by atoms with Gasteiger partial charge in [0.25, 0.3) is 0 Å². The van der Waals surface area contributed by atoms with Gasteiger partial charge in [0.1, 0.15) is 5.69 Å². The Morgan fingerprint density at radius 3 is 2.73 bits per heavy atom. The van der Waals surface area contributed by atoms with E-state index in [-0.39, 0.29) is 0 Å². The predicted molar refractivity (Wildman–Crippen MR) is 82.1 cm³/mol. The van der Waals surface area contributed by atoms with Crippen LogP contribution in [0.3, 0.4) is 0 Å². The Labute approximate surface area is 127 Å². The molecule has 0 saturated heterocycles. The number of hydrogen-bond donors (Lipinski definition) is 1. The van der Waals surface area contributed by atoms with Crippen LogP contribution in [0.25, 0.3) is 17.5 Å². The molecule has 1 aromatic carbocycles. The molecule has 0 radical (unpaired) electrons. The molecule has 0 saturated carbocycles. The maximum Gasteiger partial charge on any atom is 0.328 e. The van der Waals surface area contributed by atoms with Crippen LogP contribution in [0.1, 0.15) is 11.1 Å². The standard InChI is InChI=1S/C17H14N2O3/c20-16(21)9-8-14-12-19(11-13-5-2-1-3-6-13)18-17(14)15-7-4-10-22-15/h1-10,12H,11H2,(H,20,21)/b9-8+. The first-order valence-corrected chi connectivity index (χ1v) is 6.78. The minimum absolute atomic E-state index is 0.607. The van der Waals surface area contributed by atoms with E-state index in [9.17, 15) is 4.79 Å². The highest BCUT2D eigenvalue weighted by molar-refractivity contribution is 5.86. The second-order valence-electron chi connectivity index (χ2n) is 4.77. The van der Waals surface area contributed by atoms with Gasteiger partial charge in [-0.1, -0.05) is 30.3 Å². The van der Waals surface area contributed by atoms with Crippen LogP contribution in [0.15, 0.2) is 65.4 Å². The average molecular weight is 294 g/mol. The minimum Gasteiger partial charge on any atom is -0.478 e. The van der Waals surface area contributed by atoms with Gasteiger partial charge in [-0.2, -0.15) is 5.10 Å². The van der Waals surface area contributed by atoms with Crippen LogP contribution in [0.5, 0.6) is 0 Å². The van der Waals surface area contributed by atoms with Crippen LogP contribution < -0.4 is 0 Å². The summed E-state index contributed by atoms with van der Waals surface area (Å²) < 4.78 is 7.15. The van der Waals surface area contributed by atoms with E-state index in [1.54, 1.807) is 23.1 Å². The summed E-state index contributed by atoms with van der Waals surface area (Å²) in [6, 6.07) is 13.5. The Kier molecular flexibility index (Phi) is 3.87. The number of benzene rings is 1. The molecule has 0 atom stereocenters. The van der Waals surface area contributed by atoms with Gasteiger partial charge in [0.2, 0.25) is 0 Å². The van der Waals surface area contributed by atoms with Crippen molar-refractivity contribution in [3.05, 3.63) is 72.1 Å². The molecular formula is C17H14N2O3. The van der Waals surface area contributed by atoms with Gasteiger partial charge in [0, 0.05) is 17.8 Å². The summed E-state index contributed by atoms with van der Waals surface area (Å²) in [4.78, 5) is 10.7. The van der Waals surface area contributed by atoms with Gasteiger partial charge in [-0.3, -0.25) is 4.68 Å². The molecule has 0 aliphatic carbocycles. The maximum atomic E-state index is 10.7. The van der Waals surface area contributed by atoms with E-state index < -0.39 is 5.97 Å². The van der Waals surface area contributed by atoms with Crippen molar-refractivity contribution in [3.8, 4) is 11.5 Å². The van der Waals surface area contributed by atoms with Crippen LogP contribution in [0.2, 0.25) is 0 Å². The van der Waals surface area contributed by atoms with E-state index in [1.165, 1.54) is 6.08 Å². The Hall–Kier alpha value is -3.08. The zero-order valence-corrected chi connectivity index (χ0v) is 11.7. The number of furan rings is 1. The molecule has 0 unspecified atom stereocenters. The molecule has 22 heavy (non-hydrogen) atoms. The number of carboxylic acids is 1. The summed E-state index contributed by atoms with van der Waals surface area (Å²) in [7, 11) is 0. The van der Waals surface area contributed by atoms with Crippen LogP contribution in [0.4, 0.5) is 0 Å². The molecule has 0 aliphatic rings. The van der Waals surface area contributed by atoms with Crippen molar-refractivity contribution in [2.24, 2.45) is 0 Å². The van der Waals surface area contributed by atoms with E-state index >= 15 is 0 Å². The first-order chi connectivity index (χ1) is 10.7. The summed E-state index contributed by atoms with van der Waals surface area (Å²) in [5.74, 6) is -0.391. The summed E-state index contributed by atoms with van der Waals surface area (Å²) >= 11 is 0. The third kappa shape index (κ3) is 3.15. The van der Waals surface area contributed by atoms with Crippen molar-refractivity contribution in [2.75, 3.05) is 0 Å². The number of rotatable bonds is 5. The number of hydrogen-bond acceptors (Lipinski definition) is 3. The fourth-order valence-corrected chi connectivity index (χ4v) is 2.18. The first-order valence-electron chi connectivity index (χ1n) is 6.78. The quantitative estimate of drug-likeness (QED) is 0.733. The summed E-state index contributed by atoms with van der Waals surface area (Å²) in [6.07, 6.45) is 5.99. The fraction of sp³-hybridized carbons (Fsp3) is 0.0588. The van der Waals surface area contributed by atoms with Crippen molar-refractivity contribution >= 4 is 12.0 Å². The number of carboxylic acid groups (broad SMARTS) is 1. The van der Waals surface area contributed by atoms with E-state index in [4.69, 9.17) is 9.52 Å².